The summed E-state index contributed by atoms with van der Waals surface area (Å²) in [6, 6.07) is 19.0. The number of benzene rings is 2. The first-order valence-electron chi connectivity index (χ1n) is 7.40. The molecule has 2 nitrogen and oxygen atoms in total. The summed E-state index contributed by atoms with van der Waals surface area (Å²) in [5, 5.41) is 0. The average Bonchev–Trinajstić information content (AvgIpc) is 2.54. The molecule has 0 aliphatic rings. The number of rotatable bonds is 8. The van der Waals surface area contributed by atoms with Gasteiger partial charge in [0.15, 0.2) is 0 Å². The van der Waals surface area contributed by atoms with Crippen LogP contribution in [0.3, 0.4) is 0 Å². The highest BCUT2D eigenvalue weighted by Crippen LogP contribution is 2.15. The zero-order valence-electron chi connectivity index (χ0n) is 12.7. The lowest BCUT2D eigenvalue weighted by Gasteiger charge is -2.10. The molecule has 1 unspecified atom stereocenters. The molecular formula is C18H24ClNOS. The molecule has 2 N–H and O–H groups in total. The molecule has 0 aliphatic heterocycles. The summed E-state index contributed by atoms with van der Waals surface area (Å²) in [7, 11) is 0. The van der Waals surface area contributed by atoms with Crippen LogP contribution in [0.5, 0.6) is 5.75 Å². The molecule has 2 rings (SSSR count). The van der Waals surface area contributed by atoms with Gasteiger partial charge in [0.2, 0.25) is 0 Å². The van der Waals surface area contributed by atoms with Crippen LogP contribution in [0, 0.1) is 0 Å². The Morgan fingerprint density at radius 1 is 0.955 bits per heavy atom. The molecule has 0 saturated carbocycles. The van der Waals surface area contributed by atoms with Crippen molar-refractivity contribution in [1.82, 2.24) is 0 Å². The van der Waals surface area contributed by atoms with Crippen LogP contribution in [0.2, 0.25) is 0 Å². The van der Waals surface area contributed by atoms with Crippen LogP contribution in [0.1, 0.15) is 24.0 Å². The Morgan fingerprint density at radius 2 is 1.59 bits per heavy atom. The second-order valence-corrected chi connectivity index (χ2v) is 5.60. The normalized spacial score (nSPS) is 11.5. The van der Waals surface area contributed by atoms with Gasteiger partial charge in [0.05, 0.1) is 6.61 Å². The van der Waals surface area contributed by atoms with Crippen molar-refractivity contribution in [2.45, 2.75) is 25.3 Å². The van der Waals surface area contributed by atoms with Crippen molar-refractivity contribution >= 4 is 25.0 Å². The fourth-order valence-corrected chi connectivity index (χ4v) is 2.34. The van der Waals surface area contributed by atoms with Gasteiger partial charge in [0, 0.05) is 11.8 Å². The minimum absolute atomic E-state index is 0. The molecule has 0 aliphatic carbocycles. The number of halogens is 1. The Bertz CT molecular complexity index is 518. The summed E-state index contributed by atoms with van der Waals surface area (Å²) >= 11 is 4.17. The van der Waals surface area contributed by atoms with Crippen molar-refractivity contribution in [3.63, 3.8) is 0 Å². The third-order valence-electron chi connectivity index (χ3n) is 3.40. The van der Waals surface area contributed by atoms with Gasteiger partial charge < -0.3 is 10.5 Å². The zero-order chi connectivity index (χ0) is 14.9. The smallest absolute Gasteiger partial charge is 0.119 e. The van der Waals surface area contributed by atoms with Crippen molar-refractivity contribution in [2.75, 3.05) is 12.4 Å². The van der Waals surface area contributed by atoms with Crippen molar-refractivity contribution < 1.29 is 4.74 Å². The SMILES string of the molecule is Cl.NC(CS)CCCOc1ccc(Cc2ccccc2)cc1. The van der Waals surface area contributed by atoms with Gasteiger partial charge in [-0.1, -0.05) is 42.5 Å². The van der Waals surface area contributed by atoms with Gasteiger partial charge in [0.1, 0.15) is 5.75 Å². The summed E-state index contributed by atoms with van der Waals surface area (Å²) in [5.74, 6) is 1.65. The quantitative estimate of drug-likeness (QED) is 0.561. The molecule has 22 heavy (non-hydrogen) atoms. The van der Waals surface area contributed by atoms with Crippen molar-refractivity contribution in [1.29, 1.82) is 0 Å². The standard InChI is InChI=1S/C18H23NOS.ClH/c19-17(14-21)7-4-12-20-18-10-8-16(9-11-18)13-15-5-2-1-3-6-15;/h1-3,5-6,8-11,17,21H,4,7,12-14,19H2;1H. The Labute approximate surface area is 144 Å². The Balaban J connectivity index is 0.00000242. The maximum atomic E-state index is 5.81. The fourth-order valence-electron chi connectivity index (χ4n) is 2.16. The summed E-state index contributed by atoms with van der Waals surface area (Å²) < 4.78 is 5.73. The van der Waals surface area contributed by atoms with Crippen LogP contribution in [-0.4, -0.2) is 18.4 Å². The van der Waals surface area contributed by atoms with Gasteiger partial charge in [-0.3, -0.25) is 0 Å². The van der Waals surface area contributed by atoms with Crippen LogP contribution >= 0.6 is 25.0 Å². The Kier molecular flexibility index (Phi) is 9.05. The van der Waals surface area contributed by atoms with E-state index in [1.807, 2.05) is 18.2 Å². The predicted octanol–water partition coefficient (Wildman–Crippen LogP) is 4.12. The van der Waals surface area contributed by atoms with Gasteiger partial charge >= 0.3 is 0 Å². The predicted molar refractivity (Wildman–Crippen MR) is 99.5 cm³/mol. The average molecular weight is 338 g/mol. The maximum absolute atomic E-state index is 5.81. The van der Waals surface area contributed by atoms with Crippen molar-refractivity contribution in [2.24, 2.45) is 5.73 Å². The molecule has 2 aromatic rings. The Hall–Kier alpha value is -1.16. The number of thiol groups is 1. The molecule has 120 valence electrons. The monoisotopic (exact) mass is 337 g/mol. The van der Waals surface area contributed by atoms with E-state index in [0.717, 1.165) is 30.8 Å². The lowest BCUT2D eigenvalue weighted by Crippen LogP contribution is -2.22. The minimum atomic E-state index is 0. The van der Waals surface area contributed by atoms with Crippen molar-refractivity contribution in [3.05, 3.63) is 65.7 Å². The lowest BCUT2D eigenvalue weighted by atomic mass is 10.1. The first-order chi connectivity index (χ1) is 10.3. The highest BCUT2D eigenvalue weighted by molar-refractivity contribution is 7.80. The van der Waals surface area contributed by atoms with E-state index >= 15 is 0 Å². The molecule has 4 heteroatoms. The van der Waals surface area contributed by atoms with E-state index in [1.54, 1.807) is 0 Å². The van der Waals surface area contributed by atoms with E-state index in [4.69, 9.17) is 10.5 Å². The summed E-state index contributed by atoms with van der Waals surface area (Å²) in [6.45, 7) is 0.708. The highest BCUT2D eigenvalue weighted by atomic mass is 35.5. The fraction of sp³-hybridized carbons (Fsp3) is 0.333. The Morgan fingerprint density at radius 3 is 2.23 bits per heavy atom. The third kappa shape index (κ3) is 6.73. The molecule has 0 spiro atoms. The van der Waals surface area contributed by atoms with E-state index < -0.39 is 0 Å². The van der Waals surface area contributed by atoms with Gasteiger partial charge in [-0.05, 0) is 42.5 Å². The molecule has 0 heterocycles. The molecule has 0 amide bonds. The second-order valence-electron chi connectivity index (χ2n) is 5.24. The molecule has 0 saturated heterocycles. The molecule has 0 fully saturated rings. The number of nitrogens with two attached hydrogens (primary N) is 1. The molecule has 0 bridgehead atoms. The van der Waals surface area contributed by atoms with Crippen LogP contribution in [0.15, 0.2) is 54.6 Å². The molecule has 1 atom stereocenters. The molecule has 0 radical (unpaired) electrons. The van der Waals surface area contributed by atoms with E-state index in [1.165, 1.54) is 11.1 Å². The zero-order valence-corrected chi connectivity index (χ0v) is 14.4. The molecule has 2 aromatic carbocycles. The van der Waals surface area contributed by atoms with Gasteiger partial charge in [-0.25, -0.2) is 0 Å². The molecular weight excluding hydrogens is 314 g/mol. The van der Waals surface area contributed by atoms with E-state index in [-0.39, 0.29) is 18.4 Å². The van der Waals surface area contributed by atoms with Crippen LogP contribution in [0.4, 0.5) is 0 Å². The summed E-state index contributed by atoms with van der Waals surface area (Å²) in [5.41, 5.74) is 8.44. The number of hydrogen-bond donors (Lipinski definition) is 2. The summed E-state index contributed by atoms with van der Waals surface area (Å²) in [6.07, 6.45) is 2.88. The number of ether oxygens (including phenoxy) is 1. The topological polar surface area (TPSA) is 35.2 Å². The summed E-state index contributed by atoms with van der Waals surface area (Å²) in [4.78, 5) is 0. The first kappa shape index (κ1) is 18.9. The maximum Gasteiger partial charge on any atom is 0.119 e. The van der Waals surface area contributed by atoms with Crippen molar-refractivity contribution in [3.8, 4) is 5.75 Å². The second kappa shape index (κ2) is 10.5. The van der Waals surface area contributed by atoms with E-state index in [2.05, 4.69) is 49.0 Å². The highest BCUT2D eigenvalue weighted by Gasteiger charge is 2.00. The van der Waals surface area contributed by atoms with Gasteiger partial charge in [-0.15, -0.1) is 12.4 Å². The van der Waals surface area contributed by atoms with Gasteiger partial charge in [0.25, 0.3) is 0 Å². The largest absolute Gasteiger partial charge is 0.494 e. The lowest BCUT2D eigenvalue weighted by molar-refractivity contribution is 0.303. The molecule has 0 aromatic heterocycles. The van der Waals surface area contributed by atoms with E-state index in [0.29, 0.717) is 6.61 Å². The van der Waals surface area contributed by atoms with Crippen LogP contribution in [-0.2, 0) is 6.42 Å². The van der Waals surface area contributed by atoms with E-state index in [9.17, 15) is 0 Å². The number of hydrogen-bond acceptors (Lipinski definition) is 3. The van der Waals surface area contributed by atoms with Crippen LogP contribution in [0.25, 0.3) is 0 Å². The third-order valence-corrected chi connectivity index (χ3v) is 3.87. The van der Waals surface area contributed by atoms with Crippen LogP contribution < -0.4 is 10.5 Å². The minimum Gasteiger partial charge on any atom is -0.494 e. The van der Waals surface area contributed by atoms with Gasteiger partial charge in [-0.2, -0.15) is 12.6 Å². The first-order valence-corrected chi connectivity index (χ1v) is 8.03.